The summed E-state index contributed by atoms with van der Waals surface area (Å²) in [4.78, 5) is 16.3. The Kier molecular flexibility index (Phi) is 4.16. The second kappa shape index (κ2) is 5.83. The Morgan fingerprint density at radius 1 is 1.63 bits per heavy atom. The number of pyridine rings is 1. The van der Waals surface area contributed by atoms with Gasteiger partial charge in [-0.15, -0.1) is 0 Å². The predicted octanol–water partition coefficient (Wildman–Crippen LogP) is 1.58. The molecule has 7 nitrogen and oxygen atoms in total. The van der Waals surface area contributed by atoms with E-state index >= 15 is 0 Å². The molecule has 2 rings (SSSR count). The van der Waals surface area contributed by atoms with Gasteiger partial charge in [-0.3, -0.25) is 10.1 Å². The molecule has 1 aliphatic heterocycles. The van der Waals surface area contributed by atoms with E-state index in [0.29, 0.717) is 5.82 Å². The Hall–Kier alpha value is -1.89. The van der Waals surface area contributed by atoms with E-state index in [4.69, 9.17) is 10.5 Å². The second-order valence-corrected chi connectivity index (χ2v) is 4.50. The van der Waals surface area contributed by atoms with Crippen LogP contribution < -0.4 is 10.6 Å². The molecule has 0 saturated carbocycles. The maximum absolute atomic E-state index is 10.7. The highest BCUT2D eigenvalue weighted by Gasteiger charge is 2.21. The van der Waals surface area contributed by atoms with Crippen LogP contribution >= 0.6 is 0 Å². The third-order valence-electron chi connectivity index (χ3n) is 3.24. The number of nitrogens with two attached hydrogens (primary N) is 1. The number of nitrogens with zero attached hydrogens (tertiary/aromatic N) is 3. The largest absolute Gasteiger partial charge is 0.378 e. The fraction of sp³-hybridized carbons (Fsp3) is 0.583. The van der Waals surface area contributed by atoms with Gasteiger partial charge < -0.3 is 15.4 Å². The van der Waals surface area contributed by atoms with Crippen LogP contribution in [-0.2, 0) is 4.74 Å². The van der Waals surface area contributed by atoms with Gasteiger partial charge in [-0.05, 0) is 25.8 Å². The van der Waals surface area contributed by atoms with Crippen LogP contribution in [0.5, 0.6) is 0 Å². The SMILES string of the molecule is CCN(CC1CCCO1)c1ccc([N+](=O)[O-])c(N)n1. The molecule has 1 aliphatic rings. The van der Waals surface area contributed by atoms with Gasteiger partial charge in [-0.25, -0.2) is 4.98 Å². The second-order valence-electron chi connectivity index (χ2n) is 4.50. The molecule has 19 heavy (non-hydrogen) atoms. The number of rotatable bonds is 5. The summed E-state index contributed by atoms with van der Waals surface area (Å²) in [7, 11) is 0. The van der Waals surface area contributed by atoms with E-state index in [1.165, 1.54) is 6.07 Å². The summed E-state index contributed by atoms with van der Waals surface area (Å²) in [5.74, 6) is 0.606. The van der Waals surface area contributed by atoms with Crippen molar-refractivity contribution < 1.29 is 9.66 Å². The highest BCUT2D eigenvalue weighted by atomic mass is 16.6. The van der Waals surface area contributed by atoms with Crippen molar-refractivity contribution in [1.29, 1.82) is 0 Å². The zero-order chi connectivity index (χ0) is 13.8. The van der Waals surface area contributed by atoms with Crippen molar-refractivity contribution in [1.82, 2.24) is 4.98 Å². The van der Waals surface area contributed by atoms with Gasteiger partial charge in [0, 0.05) is 25.8 Å². The molecule has 2 N–H and O–H groups in total. The number of aromatic nitrogens is 1. The minimum absolute atomic E-state index is 0.0479. The lowest BCUT2D eigenvalue weighted by Crippen LogP contribution is -2.32. The maximum Gasteiger partial charge on any atom is 0.311 e. The van der Waals surface area contributed by atoms with Crippen LogP contribution in [0, 0.1) is 10.1 Å². The minimum Gasteiger partial charge on any atom is -0.378 e. The monoisotopic (exact) mass is 266 g/mol. The van der Waals surface area contributed by atoms with Crippen LogP contribution in [0.4, 0.5) is 17.3 Å². The topological polar surface area (TPSA) is 94.5 Å². The number of nitrogen functional groups attached to an aromatic ring is 1. The molecule has 1 atom stereocenters. The predicted molar refractivity (Wildman–Crippen MR) is 72.2 cm³/mol. The van der Waals surface area contributed by atoms with Gasteiger partial charge in [0.1, 0.15) is 5.82 Å². The fourth-order valence-electron chi connectivity index (χ4n) is 2.21. The molecule has 1 unspecified atom stereocenters. The Labute approximate surface area is 111 Å². The molecule has 0 spiro atoms. The molecule has 1 saturated heterocycles. The number of hydrogen-bond acceptors (Lipinski definition) is 6. The smallest absolute Gasteiger partial charge is 0.311 e. The summed E-state index contributed by atoms with van der Waals surface area (Å²) >= 11 is 0. The van der Waals surface area contributed by atoms with Crippen molar-refractivity contribution in [2.75, 3.05) is 30.3 Å². The zero-order valence-electron chi connectivity index (χ0n) is 10.9. The molecule has 0 radical (unpaired) electrons. The van der Waals surface area contributed by atoms with Gasteiger partial charge in [0.05, 0.1) is 11.0 Å². The van der Waals surface area contributed by atoms with E-state index < -0.39 is 4.92 Å². The summed E-state index contributed by atoms with van der Waals surface area (Å²) in [5.41, 5.74) is 5.46. The van der Waals surface area contributed by atoms with Crippen molar-refractivity contribution >= 4 is 17.3 Å². The van der Waals surface area contributed by atoms with Crippen LogP contribution in [0.3, 0.4) is 0 Å². The Morgan fingerprint density at radius 2 is 2.42 bits per heavy atom. The van der Waals surface area contributed by atoms with Gasteiger partial charge in [0.25, 0.3) is 0 Å². The highest BCUT2D eigenvalue weighted by Crippen LogP contribution is 2.24. The molecule has 0 aromatic carbocycles. The first-order chi connectivity index (χ1) is 9.11. The molecule has 2 heterocycles. The molecule has 7 heteroatoms. The first-order valence-electron chi connectivity index (χ1n) is 6.39. The maximum atomic E-state index is 10.7. The lowest BCUT2D eigenvalue weighted by molar-refractivity contribution is -0.384. The third-order valence-corrected chi connectivity index (χ3v) is 3.24. The first kappa shape index (κ1) is 13.5. The van der Waals surface area contributed by atoms with Crippen LogP contribution in [0.1, 0.15) is 19.8 Å². The number of nitro groups is 1. The van der Waals surface area contributed by atoms with Crippen molar-refractivity contribution in [3.05, 3.63) is 22.2 Å². The Balaban J connectivity index is 2.13. The van der Waals surface area contributed by atoms with E-state index in [1.807, 2.05) is 11.8 Å². The third kappa shape index (κ3) is 3.11. The van der Waals surface area contributed by atoms with E-state index in [2.05, 4.69) is 4.98 Å². The molecule has 0 aliphatic carbocycles. The van der Waals surface area contributed by atoms with Crippen molar-refractivity contribution in [2.24, 2.45) is 0 Å². The summed E-state index contributed by atoms with van der Waals surface area (Å²) < 4.78 is 5.59. The first-order valence-corrected chi connectivity index (χ1v) is 6.39. The molecule has 0 bridgehead atoms. The van der Waals surface area contributed by atoms with Crippen LogP contribution in [0.25, 0.3) is 0 Å². The van der Waals surface area contributed by atoms with Crippen molar-refractivity contribution in [3.8, 4) is 0 Å². The number of hydrogen-bond donors (Lipinski definition) is 1. The summed E-state index contributed by atoms with van der Waals surface area (Å²) in [6.07, 6.45) is 2.33. The lowest BCUT2D eigenvalue weighted by atomic mass is 10.2. The summed E-state index contributed by atoms with van der Waals surface area (Å²) in [6, 6.07) is 3.03. The average molecular weight is 266 g/mol. The average Bonchev–Trinajstić information content (AvgIpc) is 2.88. The molecule has 104 valence electrons. The lowest BCUT2D eigenvalue weighted by Gasteiger charge is -2.25. The molecule has 0 amide bonds. The van der Waals surface area contributed by atoms with Gasteiger partial charge in [0.15, 0.2) is 0 Å². The molecule has 1 aromatic heterocycles. The van der Waals surface area contributed by atoms with Crippen LogP contribution in [-0.4, -0.2) is 35.7 Å². The fourth-order valence-corrected chi connectivity index (χ4v) is 2.21. The van der Waals surface area contributed by atoms with Gasteiger partial charge in [-0.1, -0.05) is 0 Å². The van der Waals surface area contributed by atoms with E-state index in [9.17, 15) is 10.1 Å². The van der Waals surface area contributed by atoms with E-state index in [0.717, 1.165) is 32.5 Å². The highest BCUT2D eigenvalue weighted by molar-refractivity contribution is 5.57. The number of ether oxygens (including phenoxy) is 1. The number of anilines is 2. The van der Waals surface area contributed by atoms with E-state index in [1.54, 1.807) is 6.07 Å². The molecule has 1 fully saturated rings. The summed E-state index contributed by atoms with van der Waals surface area (Å²) in [6.45, 7) is 4.30. The van der Waals surface area contributed by atoms with E-state index in [-0.39, 0.29) is 17.6 Å². The molecular weight excluding hydrogens is 248 g/mol. The quantitative estimate of drug-likeness (QED) is 0.642. The standard InChI is InChI=1S/C12H18N4O3/c1-2-15(8-9-4-3-7-19-9)11-6-5-10(16(17)18)12(13)14-11/h5-6,9H,2-4,7-8H2,1H3,(H2,13,14). The van der Waals surface area contributed by atoms with Gasteiger partial charge in [0.2, 0.25) is 5.82 Å². The minimum atomic E-state index is -0.525. The van der Waals surface area contributed by atoms with Crippen molar-refractivity contribution in [2.45, 2.75) is 25.9 Å². The van der Waals surface area contributed by atoms with Crippen LogP contribution in [0.15, 0.2) is 12.1 Å². The van der Waals surface area contributed by atoms with Crippen molar-refractivity contribution in [3.63, 3.8) is 0 Å². The Bertz CT molecular complexity index is 460. The number of likely N-dealkylation sites (N-methyl/N-ethyl adjacent to an activating group) is 1. The van der Waals surface area contributed by atoms with Gasteiger partial charge in [-0.2, -0.15) is 0 Å². The normalized spacial score (nSPS) is 18.5. The Morgan fingerprint density at radius 3 is 2.95 bits per heavy atom. The molecular formula is C12H18N4O3. The zero-order valence-corrected chi connectivity index (χ0v) is 10.9. The summed E-state index contributed by atoms with van der Waals surface area (Å²) in [5, 5.41) is 10.7. The molecule has 1 aromatic rings. The van der Waals surface area contributed by atoms with Gasteiger partial charge >= 0.3 is 5.69 Å². The van der Waals surface area contributed by atoms with Crippen LogP contribution in [0.2, 0.25) is 0 Å².